The Balaban J connectivity index is 2.80. The van der Waals surface area contributed by atoms with Crippen LogP contribution in [0.15, 0.2) is 30.3 Å². The van der Waals surface area contributed by atoms with Crippen LogP contribution in [0.3, 0.4) is 0 Å². The van der Waals surface area contributed by atoms with E-state index >= 15 is 0 Å². The van der Waals surface area contributed by atoms with E-state index in [0.29, 0.717) is 5.41 Å². The van der Waals surface area contributed by atoms with Crippen molar-refractivity contribution in [3.63, 3.8) is 0 Å². The lowest BCUT2D eigenvalue weighted by Gasteiger charge is -2.38. The lowest BCUT2D eigenvalue weighted by atomic mass is 9.81. The lowest BCUT2D eigenvalue weighted by molar-refractivity contribution is 0.255. The summed E-state index contributed by atoms with van der Waals surface area (Å²) in [5, 5.41) is 3.55. The van der Waals surface area contributed by atoms with E-state index in [1.54, 1.807) is 0 Å². The molecule has 0 unspecified atom stereocenters. The first-order valence-corrected chi connectivity index (χ1v) is 7.72. The van der Waals surface area contributed by atoms with Crippen LogP contribution in [0.25, 0.3) is 0 Å². The minimum atomic E-state index is 0.377. The van der Waals surface area contributed by atoms with E-state index in [9.17, 15) is 0 Å². The Bertz CT molecular complexity index is 330. The van der Waals surface area contributed by atoms with E-state index in [1.165, 1.54) is 18.5 Å². The zero-order chi connectivity index (χ0) is 14.1. The van der Waals surface area contributed by atoms with E-state index in [1.807, 2.05) is 0 Å². The van der Waals surface area contributed by atoms with Crippen LogP contribution >= 0.6 is 0 Å². The molecule has 0 aliphatic carbocycles. The summed E-state index contributed by atoms with van der Waals surface area (Å²) in [6, 6.07) is 10.8. The summed E-state index contributed by atoms with van der Waals surface area (Å²) in [4.78, 5) is 2.50. The molecule has 108 valence electrons. The van der Waals surface area contributed by atoms with Gasteiger partial charge in [-0.15, -0.1) is 0 Å². The zero-order valence-electron chi connectivity index (χ0n) is 13.1. The molecule has 2 nitrogen and oxygen atoms in total. The van der Waals surface area contributed by atoms with Gasteiger partial charge in [0, 0.05) is 25.3 Å². The van der Waals surface area contributed by atoms with Crippen LogP contribution < -0.4 is 10.2 Å². The van der Waals surface area contributed by atoms with Gasteiger partial charge < -0.3 is 10.2 Å². The Morgan fingerprint density at radius 2 is 1.63 bits per heavy atom. The highest BCUT2D eigenvalue weighted by Crippen LogP contribution is 2.29. The fourth-order valence-corrected chi connectivity index (χ4v) is 2.60. The first kappa shape index (κ1) is 16.0. The molecule has 19 heavy (non-hydrogen) atoms. The van der Waals surface area contributed by atoms with Crippen molar-refractivity contribution in [1.82, 2.24) is 5.32 Å². The molecule has 0 aliphatic rings. The number of benzene rings is 1. The highest BCUT2D eigenvalue weighted by atomic mass is 15.1. The van der Waals surface area contributed by atoms with Crippen molar-refractivity contribution in [2.24, 2.45) is 5.41 Å². The lowest BCUT2D eigenvalue weighted by Crippen LogP contribution is -2.43. The maximum Gasteiger partial charge on any atom is 0.0366 e. The number of nitrogens with zero attached hydrogens (tertiary/aromatic N) is 1. The fourth-order valence-electron chi connectivity index (χ4n) is 2.60. The molecule has 0 saturated heterocycles. The summed E-state index contributed by atoms with van der Waals surface area (Å²) < 4.78 is 0. The third-order valence-electron chi connectivity index (χ3n) is 4.28. The van der Waals surface area contributed by atoms with Gasteiger partial charge in [0.05, 0.1) is 0 Å². The summed E-state index contributed by atoms with van der Waals surface area (Å²) in [7, 11) is 0. The van der Waals surface area contributed by atoms with E-state index in [0.717, 1.165) is 26.2 Å². The third-order valence-corrected chi connectivity index (χ3v) is 4.28. The van der Waals surface area contributed by atoms with E-state index in [-0.39, 0.29) is 0 Å². The summed E-state index contributed by atoms with van der Waals surface area (Å²) in [6.45, 7) is 13.4. The second-order valence-electron chi connectivity index (χ2n) is 5.34. The van der Waals surface area contributed by atoms with Gasteiger partial charge in [-0.05, 0) is 43.9 Å². The number of rotatable bonds is 9. The van der Waals surface area contributed by atoms with Crippen molar-refractivity contribution in [2.75, 3.05) is 31.1 Å². The Labute approximate surface area is 119 Å². The van der Waals surface area contributed by atoms with Crippen LogP contribution in [0, 0.1) is 5.41 Å². The highest BCUT2D eigenvalue weighted by Gasteiger charge is 2.28. The predicted molar refractivity (Wildman–Crippen MR) is 85.9 cm³/mol. The normalized spacial score (nSPS) is 11.6. The Morgan fingerprint density at radius 3 is 2.11 bits per heavy atom. The molecule has 0 aliphatic heterocycles. The van der Waals surface area contributed by atoms with Gasteiger partial charge in [-0.1, -0.05) is 39.0 Å². The Hall–Kier alpha value is -1.02. The minimum absolute atomic E-state index is 0.377. The number of anilines is 1. The summed E-state index contributed by atoms with van der Waals surface area (Å²) in [6.07, 6.45) is 2.44. The van der Waals surface area contributed by atoms with Crippen molar-refractivity contribution < 1.29 is 0 Å². The monoisotopic (exact) mass is 262 g/mol. The first-order chi connectivity index (χ1) is 9.21. The molecule has 0 saturated carbocycles. The predicted octanol–water partition coefficient (Wildman–Crippen LogP) is 3.93. The van der Waals surface area contributed by atoms with Gasteiger partial charge in [-0.2, -0.15) is 0 Å². The number of hydrogen-bond donors (Lipinski definition) is 1. The molecule has 0 radical (unpaired) electrons. The largest absolute Gasteiger partial charge is 0.371 e. The van der Waals surface area contributed by atoms with Crippen LogP contribution in [0.4, 0.5) is 5.69 Å². The second-order valence-corrected chi connectivity index (χ2v) is 5.34. The number of hydrogen-bond acceptors (Lipinski definition) is 2. The summed E-state index contributed by atoms with van der Waals surface area (Å²) in [5.41, 5.74) is 1.72. The molecule has 0 atom stereocenters. The second kappa shape index (κ2) is 8.21. The van der Waals surface area contributed by atoms with E-state index in [4.69, 9.17) is 0 Å². The highest BCUT2D eigenvalue weighted by molar-refractivity contribution is 5.46. The van der Waals surface area contributed by atoms with E-state index in [2.05, 4.69) is 68.2 Å². The molecule has 1 aromatic rings. The van der Waals surface area contributed by atoms with Crippen molar-refractivity contribution in [2.45, 2.75) is 40.5 Å². The zero-order valence-corrected chi connectivity index (χ0v) is 13.1. The van der Waals surface area contributed by atoms with Crippen LogP contribution in [-0.4, -0.2) is 26.2 Å². The van der Waals surface area contributed by atoms with E-state index < -0.39 is 0 Å². The van der Waals surface area contributed by atoms with Crippen LogP contribution in [0.2, 0.25) is 0 Å². The number of para-hydroxylation sites is 1. The Kier molecular flexibility index (Phi) is 6.93. The quantitative estimate of drug-likeness (QED) is 0.725. The maximum absolute atomic E-state index is 3.55. The molecule has 0 fully saturated rings. The van der Waals surface area contributed by atoms with Crippen LogP contribution in [0.1, 0.15) is 40.5 Å². The average Bonchev–Trinajstić information content (AvgIpc) is 2.49. The number of nitrogens with one attached hydrogen (secondary N) is 1. The molecule has 1 N–H and O–H groups in total. The van der Waals surface area contributed by atoms with Crippen LogP contribution in [-0.2, 0) is 0 Å². The smallest absolute Gasteiger partial charge is 0.0366 e. The van der Waals surface area contributed by atoms with Crippen molar-refractivity contribution in [1.29, 1.82) is 0 Å². The Morgan fingerprint density at radius 1 is 1.00 bits per heavy atom. The summed E-state index contributed by atoms with van der Waals surface area (Å²) in [5.74, 6) is 0. The fraction of sp³-hybridized carbons (Fsp3) is 0.647. The van der Waals surface area contributed by atoms with Gasteiger partial charge in [-0.3, -0.25) is 0 Å². The van der Waals surface area contributed by atoms with Gasteiger partial charge in [0.25, 0.3) is 0 Å². The molecule has 0 spiro atoms. The van der Waals surface area contributed by atoms with Gasteiger partial charge in [0.2, 0.25) is 0 Å². The molecule has 0 aromatic heterocycles. The van der Waals surface area contributed by atoms with Gasteiger partial charge >= 0.3 is 0 Å². The van der Waals surface area contributed by atoms with Gasteiger partial charge in [0.1, 0.15) is 0 Å². The topological polar surface area (TPSA) is 15.3 Å². The van der Waals surface area contributed by atoms with Crippen molar-refractivity contribution in [3.8, 4) is 0 Å². The minimum Gasteiger partial charge on any atom is -0.371 e. The molecule has 1 aromatic carbocycles. The summed E-state index contributed by atoms with van der Waals surface area (Å²) >= 11 is 0. The average molecular weight is 262 g/mol. The molecular formula is C17H30N2. The molecule has 0 amide bonds. The van der Waals surface area contributed by atoms with Crippen LogP contribution in [0.5, 0.6) is 0 Å². The standard InChI is InChI=1S/C17H30N2/c1-5-17(6-2,14-18-7-3)15-19(8-4)16-12-10-9-11-13-16/h9-13,18H,5-8,14-15H2,1-4H3. The van der Waals surface area contributed by atoms with Crippen molar-refractivity contribution in [3.05, 3.63) is 30.3 Å². The maximum atomic E-state index is 3.55. The molecule has 0 bridgehead atoms. The SMILES string of the molecule is CCNCC(CC)(CC)CN(CC)c1ccccc1. The third kappa shape index (κ3) is 4.54. The molecule has 2 heteroatoms. The molecule has 0 heterocycles. The van der Waals surface area contributed by atoms with Gasteiger partial charge in [0.15, 0.2) is 0 Å². The molecular weight excluding hydrogens is 232 g/mol. The van der Waals surface area contributed by atoms with Gasteiger partial charge in [-0.25, -0.2) is 0 Å². The molecule has 1 rings (SSSR count). The van der Waals surface area contributed by atoms with Crippen molar-refractivity contribution >= 4 is 5.69 Å². The first-order valence-electron chi connectivity index (χ1n) is 7.72.